The summed E-state index contributed by atoms with van der Waals surface area (Å²) in [6.07, 6.45) is 2.75. The molecule has 0 saturated heterocycles. The van der Waals surface area contributed by atoms with Crippen molar-refractivity contribution < 1.29 is 5.11 Å². The predicted molar refractivity (Wildman–Crippen MR) is 49.7 cm³/mol. The number of hydrogen-bond donors (Lipinski definition) is 2. The normalized spacial score (nSPS) is 26.9. The molecule has 1 aromatic heterocycles. The van der Waals surface area contributed by atoms with Crippen LogP contribution in [-0.2, 0) is 0 Å². The van der Waals surface area contributed by atoms with E-state index >= 15 is 0 Å². The van der Waals surface area contributed by atoms with Gasteiger partial charge >= 0.3 is 0 Å². The summed E-state index contributed by atoms with van der Waals surface area (Å²) in [5.41, 5.74) is 1.52. The molecule has 2 rings (SSSR count). The van der Waals surface area contributed by atoms with Gasteiger partial charge in [-0.25, -0.2) is 0 Å². The van der Waals surface area contributed by atoms with Crippen molar-refractivity contribution in [2.45, 2.75) is 31.8 Å². The number of aromatic amines is 1. The van der Waals surface area contributed by atoms with E-state index in [2.05, 4.69) is 4.98 Å². The van der Waals surface area contributed by atoms with Crippen molar-refractivity contribution >= 4 is 0 Å². The summed E-state index contributed by atoms with van der Waals surface area (Å²) in [5.74, 6) is 0.267. The maximum absolute atomic E-state index is 11.5. The first-order valence-corrected chi connectivity index (χ1v) is 4.59. The number of aliphatic hydroxyl groups is 1. The molecule has 0 bridgehead atoms. The second-order valence-electron chi connectivity index (χ2n) is 3.66. The van der Waals surface area contributed by atoms with Crippen LogP contribution in [-0.4, -0.2) is 10.1 Å². The first-order valence-electron chi connectivity index (χ1n) is 4.59. The number of nitrogens with one attached hydrogen (secondary N) is 1. The quantitative estimate of drug-likeness (QED) is 0.630. The third-order valence-corrected chi connectivity index (χ3v) is 2.73. The Hall–Kier alpha value is -1.09. The SMILES string of the molecule is C[C@@H]1CC[C@H](O)c2[nH]ccc(=O)c21. The first kappa shape index (κ1) is 8.51. The Kier molecular flexibility index (Phi) is 1.96. The number of pyridine rings is 1. The van der Waals surface area contributed by atoms with Gasteiger partial charge in [0.25, 0.3) is 0 Å². The Morgan fingerprint density at radius 1 is 1.54 bits per heavy atom. The van der Waals surface area contributed by atoms with Crippen molar-refractivity contribution in [2.75, 3.05) is 0 Å². The first-order chi connectivity index (χ1) is 6.20. The fourth-order valence-corrected chi connectivity index (χ4v) is 1.99. The van der Waals surface area contributed by atoms with Gasteiger partial charge in [-0.3, -0.25) is 4.79 Å². The Morgan fingerprint density at radius 3 is 3.00 bits per heavy atom. The Labute approximate surface area is 76.4 Å². The van der Waals surface area contributed by atoms with Gasteiger partial charge in [0.1, 0.15) is 0 Å². The number of aliphatic hydroxyl groups excluding tert-OH is 1. The van der Waals surface area contributed by atoms with Crippen molar-refractivity contribution in [3.8, 4) is 0 Å². The maximum Gasteiger partial charge on any atom is 0.185 e. The van der Waals surface area contributed by atoms with Crippen molar-refractivity contribution in [1.29, 1.82) is 0 Å². The molecule has 2 atom stereocenters. The van der Waals surface area contributed by atoms with Crippen LogP contribution in [0.3, 0.4) is 0 Å². The van der Waals surface area contributed by atoms with Crippen LogP contribution in [0.1, 0.15) is 43.0 Å². The highest BCUT2D eigenvalue weighted by Crippen LogP contribution is 2.33. The van der Waals surface area contributed by atoms with Crippen molar-refractivity contribution in [1.82, 2.24) is 4.98 Å². The van der Waals surface area contributed by atoms with Crippen LogP contribution in [0.5, 0.6) is 0 Å². The van der Waals surface area contributed by atoms with E-state index in [1.807, 2.05) is 6.92 Å². The minimum Gasteiger partial charge on any atom is -0.387 e. The molecule has 3 heteroatoms. The molecule has 1 aromatic rings. The molecular weight excluding hydrogens is 166 g/mol. The van der Waals surface area contributed by atoms with E-state index < -0.39 is 6.10 Å². The highest BCUT2D eigenvalue weighted by atomic mass is 16.3. The van der Waals surface area contributed by atoms with E-state index in [9.17, 15) is 9.90 Å². The summed E-state index contributed by atoms with van der Waals surface area (Å²) in [6, 6.07) is 1.52. The molecule has 70 valence electrons. The van der Waals surface area contributed by atoms with Crippen LogP contribution >= 0.6 is 0 Å². The second-order valence-corrected chi connectivity index (χ2v) is 3.66. The van der Waals surface area contributed by atoms with Crippen molar-refractivity contribution in [3.05, 3.63) is 33.7 Å². The summed E-state index contributed by atoms with van der Waals surface area (Å²) < 4.78 is 0. The molecule has 2 N–H and O–H groups in total. The number of hydrogen-bond acceptors (Lipinski definition) is 2. The summed E-state index contributed by atoms with van der Waals surface area (Å²) in [4.78, 5) is 14.4. The predicted octanol–water partition coefficient (Wildman–Crippen LogP) is 1.31. The van der Waals surface area contributed by atoms with Gasteiger partial charge in [-0.1, -0.05) is 6.92 Å². The standard InChI is InChI=1S/C10H13NO2/c1-6-2-3-8(13)10-9(6)7(12)4-5-11-10/h4-6,8,13H,2-3H2,1H3,(H,11,12)/t6-,8+/m1/s1. The zero-order chi connectivity index (χ0) is 9.42. The van der Waals surface area contributed by atoms with Gasteiger partial charge in [0, 0.05) is 17.8 Å². The lowest BCUT2D eigenvalue weighted by Gasteiger charge is -2.24. The van der Waals surface area contributed by atoms with Crippen molar-refractivity contribution in [2.24, 2.45) is 0 Å². The van der Waals surface area contributed by atoms with E-state index in [4.69, 9.17) is 0 Å². The fourth-order valence-electron chi connectivity index (χ4n) is 1.99. The van der Waals surface area contributed by atoms with Gasteiger partial charge in [0.05, 0.1) is 11.8 Å². The molecule has 0 aromatic carbocycles. The smallest absolute Gasteiger partial charge is 0.185 e. The molecule has 0 aliphatic heterocycles. The molecule has 0 unspecified atom stereocenters. The Morgan fingerprint density at radius 2 is 2.31 bits per heavy atom. The van der Waals surface area contributed by atoms with Crippen LogP contribution in [0.4, 0.5) is 0 Å². The molecule has 1 heterocycles. The van der Waals surface area contributed by atoms with Gasteiger partial charge < -0.3 is 10.1 Å². The van der Waals surface area contributed by atoms with Crippen LogP contribution in [0.2, 0.25) is 0 Å². The Balaban J connectivity index is 2.63. The number of fused-ring (bicyclic) bond motifs is 1. The van der Waals surface area contributed by atoms with E-state index in [0.717, 1.165) is 18.4 Å². The monoisotopic (exact) mass is 179 g/mol. The van der Waals surface area contributed by atoms with E-state index in [1.54, 1.807) is 6.20 Å². The molecule has 0 saturated carbocycles. The molecule has 0 amide bonds. The van der Waals surface area contributed by atoms with E-state index in [0.29, 0.717) is 5.69 Å². The van der Waals surface area contributed by atoms with Gasteiger partial charge in [0.15, 0.2) is 5.43 Å². The lowest BCUT2D eigenvalue weighted by atomic mass is 9.85. The van der Waals surface area contributed by atoms with Crippen LogP contribution in [0.25, 0.3) is 0 Å². The van der Waals surface area contributed by atoms with Gasteiger partial charge in [-0.15, -0.1) is 0 Å². The van der Waals surface area contributed by atoms with Gasteiger partial charge in [0.2, 0.25) is 0 Å². The Bertz CT molecular complexity index is 369. The zero-order valence-corrected chi connectivity index (χ0v) is 7.58. The zero-order valence-electron chi connectivity index (χ0n) is 7.58. The minimum absolute atomic E-state index is 0.0417. The number of H-pyrrole nitrogens is 1. The molecule has 0 fully saturated rings. The number of aromatic nitrogens is 1. The van der Waals surface area contributed by atoms with Gasteiger partial charge in [-0.05, 0) is 18.8 Å². The highest BCUT2D eigenvalue weighted by molar-refractivity contribution is 5.27. The highest BCUT2D eigenvalue weighted by Gasteiger charge is 2.25. The molecule has 13 heavy (non-hydrogen) atoms. The van der Waals surface area contributed by atoms with Crippen LogP contribution in [0.15, 0.2) is 17.1 Å². The fraction of sp³-hybridized carbons (Fsp3) is 0.500. The van der Waals surface area contributed by atoms with Crippen LogP contribution in [0, 0.1) is 0 Å². The lowest BCUT2D eigenvalue weighted by molar-refractivity contribution is 0.146. The molecule has 1 aliphatic rings. The lowest BCUT2D eigenvalue weighted by Crippen LogP contribution is -2.22. The second kappa shape index (κ2) is 3.00. The van der Waals surface area contributed by atoms with Gasteiger partial charge in [-0.2, -0.15) is 0 Å². The largest absolute Gasteiger partial charge is 0.387 e. The van der Waals surface area contributed by atoms with E-state index in [-0.39, 0.29) is 11.3 Å². The number of rotatable bonds is 0. The third-order valence-electron chi connectivity index (χ3n) is 2.73. The average Bonchev–Trinajstić information content (AvgIpc) is 2.12. The van der Waals surface area contributed by atoms with Crippen LogP contribution < -0.4 is 5.43 Å². The van der Waals surface area contributed by atoms with E-state index in [1.165, 1.54) is 6.07 Å². The molecule has 0 radical (unpaired) electrons. The third kappa shape index (κ3) is 1.29. The summed E-state index contributed by atoms with van der Waals surface area (Å²) >= 11 is 0. The average molecular weight is 179 g/mol. The molecule has 1 aliphatic carbocycles. The summed E-state index contributed by atoms with van der Waals surface area (Å²) in [7, 11) is 0. The summed E-state index contributed by atoms with van der Waals surface area (Å²) in [6.45, 7) is 2.03. The maximum atomic E-state index is 11.5. The van der Waals surface area contributed by atoms with Crippen molar-refractivity contribution in [3.63, 3.8) is 0 Å². The topological polar surface area (TPSA) is 53.1 Å². The molecular formula is C10H13NO2. The summed E-state index contributed by atoms with van der Waals surface area (Å²) in [5, 5.41) is 9.63. The minimum atomic E-state index is -0.486. The molecule has 0 spiro atoms. The molecule has 3 nitrogen and oxygen atoms in total.